The molecule has 0 unspecified atom stereocenters. The van der Waals surface area contributed by atoms with Crippen molar-refractivity contribution in [2.24, 2.45) is 5.92 Å². The fourth-order valence-electron chi connectivity index (χ4n) is 1.84. The second kappa shape index (κ2) is 6.74. The Bertz CT molecular complexity index is 502. The number of anilines is 1. The molecule has 7 heteroatoms. The SMILES string of the molecule is COc1cc(N(CC(=O)O)CC(C)C)cc([N+](=O)[O-])c1. The molecular weight excluding hydrogens is 264 g/mol. The molecule has 0 heterocycles. The second-order valence-corrected chi connectivity index (χ2v) is 4.81. The third-order valence-corrected chi connectivity index (χ3v) is 2.60. The first-order valence-electron chi connectivity index (χ1n) is 6.13. The summed E-state index contributed by atoms with van der Waals surface area (Å²) in [4.78, 5) is 22.9. The van der Waals surface area contributed by atoms with Gasteiger partial charge in [0.1, 0.15) is 12.3 Å². The number of aliphatic carboxylic acids is 1. The van der Waals surface area contributed by atoms with Gasteiger partial charge in [-0.05, 0) is 5.92 Å². The number of non-ortho nitro benzene ring substituents is 1. The van der Waals surface area contributed by atoms with Gasteiger partial charge in [0.2, 0.25) is 0 Å². The van der Waals surface area contributed by atoms with Gasteiger partial charge in [-0.15, -0.1) is 0 Å². The third kappa shape index (κ3) is 4.42. The molecule has 1 aromatic rings. The van der Waals surface area contributed by atoms with Crippen LogP contribution in [0.15, 0.2) is 18.2 Å². The van der Waals surface area contributed by atoms with Crippen molar-refractivity contribution in [2.45, 2.75) is 13.8 Å². The van der Waals surface area contributed by atoms with Gasteiger partial charge in [0.05, 0.1) is 18.1 Å². The first-order valence-corrected chi connectivity index (χ1v) is 6.13. The maximum atomic E-state index is 10.9. The van der Waals surface area contributed by atoms with Crippen LogP contribution >= 0.6 is 0 Å². The normalized spacial score (nSPS) is 10.4. The van der Waals surface area contributed by atoms with Gasteiger partial charge in [-0.1, -0.05) is 13.8 Å². The first-order chi connectivity index (χ1) is 9.33. The number of hydrogen-bond donors (Lipinski definition) is 1. The van der Waals surface area contributed by atoms with Crippen molar-refractivity contribution in [3.05, 3.63) is 28.3 Å². The van der Waals surface area contributed by atoms with Gasteiger partial charge in [0.15, 0.2) is 0 Å². The molecule has 0 aliphatic heterocycles. The number of benzene rings is 1. The lowest BCUT2D eigenvalue weighted by atomic mass is 10.1. The van der Waals surface area contributed by atoms with Crippen LogP contribution in [0, 0.1) is 16.0 Å². The molecule has 0 saturated carbocycles. The molecule has 0 fully saturated rings. The van der Waals surface area contributed by atoms with E-state index in [0.717, 1.165) is 0 Å². The van der Waals surface area contributed by atoms with Crippen molar-refractivity contribution in [3.8, 4) is 5.75 Å². The molecule has 1 aromatic carbocycles. The summed E-state index contributed by atoms with van der Waals surface area (Å²) >= 11 is 0. The van der Waals surface area contributed by atoms with Crippen LogP contribution in [0.25, 0.3) is 0 Å². The molecule has 0 aromatic heterocycles. The highest BCUT2D eigenvalue weighted by molar-refractivity contribution is 5.74. The van der Waals surface area contributed by atoms with E-state index in [9.17, 15) is 14.9 Å². The Balaban J connectivity index is 3.19. The number of ether oxygens (including phenoxy) is 1. The van der Waals surface area contributed by atoms with E-state index in [1.165, 1.54) is 19.2 Å². The fourth-order valence-corrected chi connectivity index (χ4v) is 1.84. The molecule has 7 nitrogen and oxygen atoms in total. The molecule has 0 aliphatic rings. The van der Waals surface area contributed by atoms with Crippen LogP contribution in [0.5, 0.6) is 5.75 Å². The number of hydrogen-bond acceptors (Lipinski definition) is 5. The predicted molar refractivity (Wildman–Crippen MR) is 74.3 cm³/mol. The number of methoxy groups -OCH3 is 1. The van der Waals surface area contributed by atoms with Crippen molar-refractivity contribution >= 4 is 17.3 Å². The summed E-state index contributed by atoms with van der Waals surface area (Å²) in [5.74, 6) is -0.441. The van der Waals surface area contributed by atoms with Crippen molar-refractivity contribution in [2.75, 3.05) is 25.1 Å². The average Bonchev–Trinajstić information content (AvgIpc) is 2.36. The van der Waals surface area contributed by atoms with E-state index >= 15 is 0 Å². The van der Waals surface area contributed by atoms with Gasteiger partial charge in [-0.25, -0.2) is 0 Å². The number of rotatable bonds is 7. The van der Waals surface area contributed by atoms with Crippen LogP contribution in [0.3, 0.4) is 0 Å². The number of carbonyl (C=O) groups is 1. The van der Waals surface area contributed by atoms with Crippen molar-refractivity contribution in [1.82, 2.24) is 0 Å². The van der Waals surface area contributed by atoms with E-state index in [4.69, 9.17) is 9.84 Å². The van der Waals surface area contributed by atoms with Crippen molar-refractivity contribution in [1.29, 1.82) is 0 Å². The molecule has 110 valence electrons. The number of nitro groups is 1. The highest BCUT2D eigenvalue weighted by Crippen LogP contribution is 2.28. The van der Waals surface area contributed by atoms with Crippen molar-refractivity contribution < 1.29 is 19.6 Å². The van der Waals surface area contributed by atoms with E-state index in [0.29, 0.717) is 18.0 Å². The molecule has 0 spiro atoms. The number of nitro benzene ring substituents is 1. The minimum atomic E-state index is -0.990. The van der Waals surface area contributed by atoms with E-state index < -0.39 is 10.9 Å². The summed E-state index contributed by atoms with van der Waals surface area (Å²) in [6, 6.07) is 4.25. The third-order valence-electron chi connectivity index (χ3n) is 2.60. The van der Waals surface area contributed by atoms with Crippen molar-refractivity contribution in [3.63, 3.8) is 0 Å². The molecule has 0 bridgehead atoms. The lowest BCUT2D eigenvalue weighted by Gasteiger charge is -2.25. The number of carboxylic acids is 1. The van der Waals surface area contributed by atoms with Gasteiger partial charge in [-0.3, -0.25) is 14.9 Å². The number of nitrogens with zero attached hydrogens (tertiary/aromatic N) is 2. The number of carboxylic acid groups (broad SMARTS) is 1. The minimum absolute atomic E-state index is 0.126. The second-order valence-electron chi connectivity index (χ2n) is 4.81. The summed E-state index contributed by atoms with van der Waals surface area (Å²) in [5, 5.41) is 19.9. The average molecular weight is 282 g/mol. The minimum Gasteiger partial charge on any atom is -0.496 e. The molecule has 0 atom stereocenters. The lowest BCUT2D eigenvalue weighted by molar-refractivity contribution is -0.384. The van der Waals surface area contributed by atoms with E-state index in [1.807, 2.05) is 13.8 Å². The van der Waals surface area contributed by atoms with E-state index in [2.05, 4.69) is 0 Å². The van der Waals surface area contributed by atoms with Crippen LogP contribution < -0.4 is 9.64 Å². The summed E-state index contributed by atoms with van der Waals surface area (Å²) in [7, 11) is 1.41. The van der Waals surface area contributed by atoms with Crippen LogP contribution in [-0.2, 0) is 4.79 Å². The molecule has 0 saturated heterocycles. The molecular formula is C13H18N2O5. The van der Waals surface area contributed by atoms with E-state index in [-0.39, 0.29) is 18.2 Å². The van der Waals surface area contributed by atoms with Gasteiger partial charge in [0, 0.05) is 24.4 Å². The Hall–Kier alpha value is -2.31. The maximum Gasteiger partial charge on any atom is 0.323 e. The molecule has 1 N–H and O–H groups in total. The Morgan fingerprint density at radius 2 is 2.10 bits per heavy atom. The quantitative estimate of drug-likeness (QED) is 0.608. The van der Waals surface area contributed by atoms with Gasteiger partial charge in [-0.2, -0.15) is 0 Å². The maximum absolute atomic E-state index is 10.9. The topological polar surface area (TPSA) is 92.9 Å². The van der Waals surface area contributed by atoms with Gasteiger partial charge < -0.3 is 14.7 Å². The zero-order valence-corrected chi connectivity index (χ0v) is 11.7. The summed E-state index contributed by atoms with van der Waals surface area (Å²) in [6.45, 7) is 4.16. The largest absolute Gasteiger partial charge is 0.496 e. The molecule has 0 radical (unpaired) electrons. The lowest BCUT2D eigenvalue weighted by Crippen LogP contribution is -2.33. The molecule has 20 heavy (non-hydrogen) atoms. The zero-order chi connectivity index (χ0) is 15.3. The highest BCUT2D eigenvalue weighted by Gasteiger charge is 2.17. The summed E-state index contributed by atoms with van der Waals surface area (Å²) in [6.07, 6.45) is 0. The molecule has 0 aliphatic carbocycles. The predicted octanol–water partition coefficient (Wildman–Crippen LogP) is 2.15. The molecule has 1 rings (SSSR count). The monoisotopic (exact) mass is 282 g/mol. The summed E-state index contributed by atoms with van der Waals surface area (Å²) in [5.41, 5.74) is 0.339. The van der Waals surface area contributed by atoms with Crippen LogP contribution in [0.4, 0.5) is 11.4 Å². The van der Waals surface area contributed by atoms with Gasteiger partial charge >= 0.3 is 5.97 Å². The van der Waals surface area contributed by atoms with Crippen LogP contribution in [-0.4, -0.2) is 36.2 Å². The van der Waals surface area contributed by atoms with Crippen LogP contribution in [0.2, 0.25) is 0 Å². The van der Waals surface area contributed by atoms with E-state index in [1.54, 1.807) is 11.0 Å². The van der Waals surface area contributed by atoms with Gasteiger partial charge in [0.25, 0.3) is 5.69 Å². The fraction of sp³-hybridized carbons (Fsp3) is 0.462. The summed E-state index contributed by atoms with van der Waals surface area (Å²) < 4.78 is 5.03. The Morgan fingerprint density at radius 3 is 2.55 bits per heavy atom. The Labute approximate surface area is 116 Å². The smallest absolute Gasteiger partial charge is 0.323 e. The molecule has 0 amide bonds. The standard InChI is InChI=1S/C13H18N2O5/c1-9(2)7-14(8-13(16)17)10-4-11(15(18)19)6-12(5-10)20-3/h4-6,9H,7-8H2,1-3H3,(H,16,17). The zero-order valence-electron chi connectivity index (χ0n) is 11.7. The van der Waals surface area contributed by atoms with Crippen LogP contribution in [0.1, 0.15) is 13.8 Å². The Morgan fingerprint density at radius 1 is 1.45 bits per heavy atom. The first kappa shape index (κ1) is 15.7. The highest BCUT2D eigenvalue weighted by atomic mass is 16.6. The Kier molecular flexibility index (Phi) is 5.31.